The van der Waals surface area contributed by atoms with Crippen LogP contribution in [0.5, 0.6) is 0 Å². The second-order valence-corrected chi connectivity index (χ2v) is 7.09. The summed E-state index contributed by atoms with van der Waals surface area (Å²) >= 11 is 6.24. The minimum atomic E-state index is -0.0852. The summed E-state index contributed by atoms with van der Waals surface area (Å²) in [6.45, 7) is 0. The lowest BCUT2D eigenvalue weighted by Crippen LogP contribution is -2.03. The molecule has 4 aromatic rings. The highest BCUT2D eigenvalue weighted by atomic mass is 35.5. The molecule has 0 fully saturated rings. The first-order valence-corrected chi connectivity index (χ1v) is 9.47. The van der Waals surface area contributed by atoms with E-state index in [2.05, 4.69) is 15.6 Å². The largest absolute Gasteiger partial charge is 0.321 e. The van der Waals surface area contributed by atoms with Gasteiger partial charge in [0.25, 0.3) is 5.91 Å². The molecule has 0 spiro atoms. The van der Waals surface area contributed by atoms with E-state index in [0.717, 1.165) is 33.8 Å². The number of rotatable bonds is 3. The highest BCUT2D eigenvalue weighted by Crippen LogP contribution is 2.33. The van der Waals surface area contributed by atoms with Gasteiger partial charge >= 0.3 is 0 Å². The second kappa shape index (κ2) is 7.04. The molecule has 140 valence electrons. The van der Waals surface area contributed by atoms with Crippen molar-refractivity contribution in [2.24, 2.45) is 0 Å². The maximum absolute atomic E-state index is 12.3. The van der Waals surface area contributed by atoms with Gasteiger partial charge < -0.3 is 5.32 Å². The Labute approximate surface area is 172 Å². The van der Waals surface area contributed by atoms with Crippen molar-refractivity contribution >= 4 is 34.8 Å². The zero-order valence-electron chi connectivity index (χ0n) is 15.2. The predicted molar refractivity (Wildman–Crippen MR) is 115 cm³/mol. The van der Waals surface area contributed by atoms with Gasteiger partial charge in [-0.05, 0) is 29.8 Å². The summed E-state index contributed by atoms with van der Waals surface area (Å²) in [5, 5.41) is 11.9. The molecule has 1 aliphatic heterocycles. The molecular formula is C23H15ClN4O. The number of nitrogens with one attached hydrogen (secondary N) is 1. The molecule has 0 atom stereocenters. The fourth-order valence-corrected chi connectivity index (χ4v) is 3.57. The van der Waals surface area contributed by atoms with E-state index in [1.165, 1.54) is 0 Å². The van der Waals surface area contributed by atoms with Gasteiger partial charge in [-0.1, -0.05) is 71.4 Å². The lowest BCUT2D eigenvalue weighted by atomic mass is 10.0. The molecule has 1 aliphatic rings. The van der Waals surface area contributed by atoms with Gasteiger partial charge in [0.1, 0.15) is 5.69 Å². The number of anilines is 1. The smallest absolute Gasteiger partial charge is 0.256 e. The van der Waals surface area contributed by atoms with Crippen LogP contribution in [0.15, 0.2) is 79.0 Å². The quantitative estimate of drug-likeness (QED) is 0.489. The van der Waals surface area contributed by atoms with Crippen LogP contribution < -0.4 is 5.32 Å². The van der Waals surface area contributed by atoms with Gasteiger partial charge in [-0.25, -0.2) is 4.68 Å². The van der Waals surface area contributed by atoms with Crippen molar-refractivity contribution < 1.29 is 4.79 Å². The van der Waals surface area contributed by atoms with E-state index in [-0.39, 0.29) is 5.91 Å². The maximum atomic E-state index is 12.3. The predicted octanol–water partition coefficient (Wildman–Crippen LogP) is 5.08. The molecule has 5 nitrogen and oxygen atoms in total. The Balaban J connectivity index is 1.43. The van der Waals surface area contributed by atoms with Crippen molar-refractivity contribution in [3.63, 3.8) is 0 Å². The van der Waals surface area contributed by atoms with Crippen LogP contribution >= 0.6 is 11.6 Å². The summed E-state index contributed by atoms with van der Waals surface area (Å²) in [6, 6.07) is 23.0. The number of nitrogens with zero attached hydrogens (tertiary/aromatic N) is 3. The number of aromatic nitrogens is 3. The van der Waals surface area contributed by atoms with Gasteiger partial charge in [0.05, 0.1) is 16.9 Å². The Kier molecular flexibility index (Phi) is 4.22. The molecule has 0 radical (unpaired) electrons. The van der Waals surface area contributed by atoms with E-state index in [9.17, 15) is 4.79 Å². The number of carbonyl (C=O) groups excluding carboxylic acids is 1. The maximum Gasteiger partial charge on any atom is 0.256 e. The molecule has 1 aromatic heterocycles. The number of hydrogen-bond acceptors (Lipinski definition) is 3. The van der Waals surface area contributed by atoms with E-state index in [0.29, 0.717) is 10.6 Å². The summed E-state index contributed by atoms with van der Waals surface area (Å²) in [4.78, 5) is 12.3. The van der Waals surface area contributed by atoms with E-state index in [4.69, 9.17) is 11.6 Å². The molecule has 5 rings (SSSR count). The first kappa shape index (κ1) is 17.4. The van der Waals surface area contributed by atoms with Crippen LogP contribution in [0.4, 0.5) is 5.69 Å². The van der Waals surface area contributed by atoms with Gasteiger partial charge in [-0.2, -0.15) is 0 Å². The monoisotopic (exact) mass is 398 g/mol. The van der Waals surface area contributed by atoms with Gasteiger partial charge in [-0.3, -0.25) is 4.79 Å². The molecule has 29 heavy (non-hydrogen) atoms. The van der Waals surface area contributed by atoms with Gasteiger partial charge in [-0.15, -0.1) is 5.10 Å². The van der Waals surface area contributed by atoms with E-state index < -0.39 is 0 Å². The molecule has 0 bridgehead atoms. The minimum Gasteiger partial charge on any atom is -0.321 e. The summed E-state index contributed by atoms with van der Waals surface area (Å²) in [7, 11) is 0. The van der Waals surface area contributed by atoms with Crippen molar-refractivity contribution in [3.05, 3.63) is 95.1 Å². The van der Waals surface area contributed by atoms with Crippen molar-refractivity contribution in [1.29, 1.82) is 0 Å². The van der Waals surface area contributed by atoms with Crippen molar-refractivity contribution in [3.8, 4) is 16.9 Å². The summed E-state index contributed by atoms with van der Waals surface area (Å²) in [5.74, 6) is -0.0852. The summed E-state index contributed by atoms with van der Waals surface area (Å²) in [5.41, 5.74) is 5.82. The molecule has 1 amide bonds. The lowest BCUT2D eigenvalue weighted by Gasteiger charge is -2.02. The zero-order chi connectivity index (χ0) is 19.8. The lowest BCUT2D eigenvalue weighted by molar-refractivity contribution is -0.110. The minimum absolute atomic E-state index is 0.0852. The number of fused-ring (bicyclic) bond motifs is 1. The van der Waals surface area contributed by atoms with Crippen LogP contribution in [-0.4, -0.2) is 20.9 Å². The number of hydrogen-bond donors (Lipinski definition) is 1. The molecular weight excluding hydrogens is 384 g/mol. The third kappa shape index (κ3) is 3.22. The molecule has 0 saturated heterocycles. The van der Waals surface area contributed by atoms with Crippen LogP contribution in [-0.2, 0) is 4.79 Å². The summed E-state index contributed by atoms with van der Waals surface area (Å²) < 4.78 is 1.66. The van der Waals surface area contributed by atoms with Crippen LogP contribution in [0.1, 0.15) is 11.1 Å². The number of amides is 1. The van der Waals surface area contributed by atoms with E-state index >= 15 is 0 Å². The molecule has 1 N–H and O–H groups in total. The van der Waals surface area contributed by atoms with Gasteiger partial charge in [0.15, 0.2) is 0 Å². The summed E-state index contributed by atoms with van der Waals surface area (Å²) in [6.07, 6.45) is 3.74. The number of benzene rings is 3. The highest BCUT2D eigenvalue weighted by molar-refractivity contribution is 6.35. The van der Waals surface area contributed by atoms with Crippen molar-refractivity contribution in [2.45, 2.75) is 0 Å². The third-order valence-electron chi connectivity index (χ3n) is 4.82. The van der Waals surface area contributed by atoms with Crippen molar-refractivity contribution in [2.75, 3.05) is 5.32 Å². The molecule has 3 aromatic carbocycles. The fraction of sp³-hybridized carbons (Fsp3) is 0. The van der Waals surface area contributed by atoms with Crippen LogP contribution in [0.3, 0.4) is 0 Å². The van der Waals surface area contributed by atoms with Gasteiger partial charge in [0.2, 0.25) is 0 Å². The molecule has 2 heterocycles. The van der Waals surface area contributed by atoms with Crippen LogP contribution in [0.2, 0.25) is 5.02 Å². The topological polar surface area (TPSA) is 59.8 Å². The average Bonchev–Trinajstić information content (AvgIpc) is 3.34. The fourth-order valence-electron chi connectivity index (χ4n) is 3.35. The molecule has 0 aliphatic carbocycles. The van der Waals surface area contributed by atoms with E-state index in [1.807, 2.05) is 85.1 Å². The van der Waals surface area contributed by atoms with E-state index in [1.54, 1.807) is 4.68 Å². The Morgan fingerprint density at radius 3 is 2.52 bits per heavy atom. The Morgan fingerprint density at radius 1 is 0.931 bits per heavy atom. The molecule has 0 saturated carbocycles. The zero-order valence-corrected chi connectivity index (χ0v) is 16.0. The van der Waals surface area contributed by atoms with Crippen molar-refractivity contribution in [1.82, 2.24) is 15.0 Å². The number of para-hydroxylation sites is 2. The molecule has 0 unspecified atom stereocenters. The standard InChI is InChI=1S/C23H15ClN4O/c24-19-6-2-4-8-22(19)28-14-21(26-27-28)16-11-9-15(10-12-16)13-18-17-5-1-3-7-20(17)25-23(18)29/h1-14H,(H,25,29). The Hall–Kier alpha value is -3.70. The average molecular weight is 399 g/mol. The first-order chi connectivity index (χ1) is 14.2. The second-order valence-electron chi connectivity index (χ2n) is 6.68. The molecule has 6 heteroatoms. The number of carbonyl (C=O) groups is 1. The van der Waals surface area contributed by atoms with Crippen LogP contribution in [0, 0.1) is 0 Å². The third-order valence-corrected chi connectivity index (χ3v) is 5.14. The Bertz CT molecular complexity index is 1260. The van der Waals surface area contributed by atoms with Crippen LogP contribution in [0.25, 0.3) is 28.6 Å². The van der Waals surface area contributed by atoms with Gasteiger partial charge in [0, 0.05) is 22.4 Å². The SMILES string of the molecule is O=C1Nc2ccccc2C1=Cc1ccc(-c2cn(-c3ccccc3Cl)nn2)cc1. The Morgan fingerprint density at radius 2 is 1.69 bits per heavy atom. The number of halogens is 1. The normalized spacial score (nSPS) is 14.1. The first-order valence-electron chi connectivity index (χ1n) is 9.09. The highest BCUT2D eigenvalue weighted by Gasteiger charge is 2.23.